The van der Waals surface area contributed by atoms with Gasteiger partial charge in [0.1, 0.15) is 0 Å². The Bertz CT molecular complexity index is 626. The van der Waals surface area contributed by atoms with Crippen molar-refractivity contribution in [3.05, 3.63) is 35.5 Å². The van der Waals surface area contributed by atoms with Gasteiger partial charge in [0.25, 0.3) is 0 Å². The third kappa shape index (κ3) is 2.92. The highest BCUT2D eigenvalue weighted by atomic mass is 16.2. The monoisotopic (exact) mass is 273 g/mol. The van der Waals surface area contributed by atoms with Crippen LogP contribution < -0.4 is 5.73 Å². The second-order valence-electron chi connectivity index (χ2n) is 5.73. The molecule has 1 atom stereocenters. The molecule has 0 saturated heterocycles. The van der Waals surface area contributed by atoms with Gasteiger partial charge in [0.15, 0.2) is 0 Å². The maximum atomic E-state index is 12.2. The molecule has 2 rings (SSSR count). The van der Waals surface area contributed by atoms with Gasteiger partial charge in [-0.3, -0.25) is 9.36 Å². The first-order chi connectivity index (χ1) is 9.40. The van der Waals surface area contributed by atoms with Gasteiger partial charge in [-0.05, 0) is 52.1 Å². The lowest BCUT2D eigenvalue weighted by atomic mass is 10.1. The van der Waals surface area contributed by atoms with Crippen LogP contribution in [0.3, 0.4) is 0 Å². The molecule has 0 radical (unpaired) electrons. The van der Waals surface area contributed by atoms with Crippen molar-refractivity contribution in [3.8, 4) is 0 Å². The predicted molar refractivity (Wildman–Crippen MR) is 83.2 cm³/mol. The lowest BCUT2D eigenvalue weighted by molar-refractivity contribution is 0.0892. The molecule has 0 saturated carbocycles. The Morgan fingerprint density at radius 3 is 2.70 bits per heavy atom. The second kappa shape index (κ2) is 5.77. The largest absolute Gasteiger partial charge is 0.320 e. The standard InChI is InChI=1S/C16H23N3O/c1-11-5-6-15-14(9-11)13(7-8-18(3)4)10-19(15)16(20)12(2)17/h5-6,9-10,12H,7-8,17H2,1-4H3/t12-/m0/s1. The number of benzene rings is 1. The number of likely N-dealkylation sites (N-methyl/N-ethyl adjacent to an activating group) is 1. The molecule has 108 valence electrons. The summed E-state index contributed by atoms with van der Waals surface area (Å²) in [4.78, 5) is 14.4. The smallest absolute Gasteiger partial charge is 0.247 e. The van der Waals surface area contributed by atoms with E-state index in [2.05, 4.69) is 32.0 Å². The molecule has 1 heterocycles. The molecule has 0 aliphatic heterocycles. The van der Waals surface area contributed by atoms with E-state index in [1.165, 1.54) is 11.1 Å². The van der Waals surface area contributed by atoms with Gasteiger partial charge in [0.2, 0.25) is 5.91 Å². The maximum Gasteiger partial charge on any atom is 0.247 e. The molecule has 1 aromatic heterocycles. The summed E-state index contributed by atoms with van der Waals surface area (Å²) in [5.41, 5.74) is 9.10. The number of fused-ring (bicyclic) bond motifs is 1. The molecule has 0 unspecified atom stereocenters. The van der Waals surface area contributed by atoms with Crippen LogP contribution in [0.5, 0.6) is 0 Å². The van der Waals surface area contributed by atoms with Crippen molar-refractivity contribution < 1.29 is 4.79 Å². The Kier molecular flexibility index (Phi) is 4.26. The molecule has 4 nitrogen and oxygen atoms in total. The number of aromatic nitrogens is 1. The highest BCUT2D eigenvalue weighted by molar-refractivity contribution is 5.96. The van der Waals surface area contributed by atoms with Crippen LogP contribution in [0.2, 0.25) is 0 Å². The normalized spacial score (nSPS) is 13.1. The van der Waals surface area contributed by atoms with Gasteiger partial charge in [-0.25, -0.2) is 0 Å². The lowest BCUT2D eigenvalue weighted by Crippen LogP contribution is -2.31. The van der Waals surface area contributed by atoms with Gasteiger partial charge in [-0.1, -0.05) is 11.6 Å². The van der Waals surface area contributed by atoms with E-state index in [0.29, 0.717) is 0 Å². The van der Waals surface area contributed by atoms with E-state index in [1.807, 2.05) is 18.3 Å². The van der Waals surface area contributed by atoms with Crippen LogP contribution in [0.15, 0.2) is 24.4 Å². The first-order valence-electron chi connectivity index (χ1n) is 6.95. The van der Waals surface area contributed by atoms with E-state index < -0.39 is 6.04 Å². The molecule has 2 N–H and O–H groups in total. The molecule has 2 aromatic rings. The molecule has 0 fully saturated rings. The molecule has 0 spiro atoms. The van der Waals surface area contributed by atoms with Crippen LogP contribution in [0, 0.1) is 6.92 Å². The number of hydrogen-bond donors (Lipinski definition) is 1. The molecule has 0 aliphatic carbocycles. The Morgan fingerprint density at radius 1 is 1.40 bits per heavy atom. The predicted octanol–water partition coefficient (Wildman–Crippen LogP) is 2.04. The summed E-state index contributed by atoms with van der Waals surface area (Å²) in [7, 11) is 4.11. The van der Waals surface area contributed by atoms with Gasteiger partial charge < -0.3 is 10.6 Å². The molecular formula is C16H23N3O. The zero-order valence-corrected chi connectivity index (χ0v) is 12.7. The fraction of sp³-hybridized carbons (Fsp3) is 0.438. The number of nitrogens with zero attached hydrogens (tertiary/aromatic N) is 2. The van der Waals surface area contributed by atoms with E-state index in [1.54, 1.807) is 11.5 Å². The number of carbonyl (C=O) groups is 1. The van der Waals surface area contributed by atoms with Crippen LogP contribution in [-0.4, -0.2) is 42.1 Å². The Hall–Kier alpha value is -1.65. The average Bonchev–Trinajstić information content (AvgIpc) is 2.73. The van der Waals surface area contributed by atoms with Crippen molar-refractivity contribution in [1.82, 2.24) is 9.47 Å². The minimum atomic E-state index is -0.492. The van der Waals surface area contributed by atoms with Crippen molar-refractivity contribution in [2.45, 2.75) is 26.3 Å². The Morgan fingerprint density at radius 2 is 2.10 bits per heavy atom. The fourth-order valence-corrected chi connectivity index (χ4v) is 2.36. The third-order valence-corrected chi connectivity index (χ3v) is 3.50. The van der Waals surface area contributed by atoms with E-state index in [0.717, 1.165) is 23.9 Å². The minimum Gasteiger partial charge on any atom is -0.320 e. The van der Waals surface area contributed by atoms with Crippen molar-refractivity contribution in [1.29, 1.82) is 0 Å². The zero-order valence-electron chi connectivity index (χ0n) is 12.7. The van der Waals surface area contributed by atoms with Crippen LogP contribution in [-0.2, 0) is 6.42 Å². The first-order valence-corrected chi connectivity index (χ1v) is 6.95. The van der Waals surface area contributed by atoms with Crippen LogP contribution >= 0.6 is 0 Å². The molecule has 0 aliphatic rings. The van der Waals surface area contributed by atoms with E-state index in [4.69, 9.17) is 5.73 Å². The van der Waals surface area contributed by atoms with Crippen molar-refractivity contribution in [2.75, 3.05) is 20.6 Å². The summed E-state index contributed by atoms with van der Waals surface area (Å²) in [5.74, 6) is -0.0602. The number of carbonyl (C=O) groups excluding carboxylic acids is 1. The zero-order chi connectivity index (χ0) is 14.9. The highest BCUT2D eigenvalue weighted by Gasteiger charge is 2.16. The molecule has 4 heteroatoms. The average molecular weight is 273 g/mol. The Balaban J connectivity index is 2.51. The summed E-state index contributed by atoms with van der Waals surface area (Å²) in [6.07, 6.45) is 2.87. The molecular weight excluding hydrogens is 250 g/mol. The number of rotatable bonds is 4. The molecule has 0 amide bonds. The summed E-state index contributed by atoms with van der Waals surface area (Å²) < 4.78 is 1.70. The summed E-state index contributed by atoms with van der Waals surface area (Å²) >= 11 is 0. The van der Waals surface area contributed by atoms with E-state index in [9.17, 15) is 4.79 Å². The highest BCUT2D eigenvalue weighted by Crippen LogP contribution is 2.23. The van der Waals surface area contributed by atoms with E-state index in [-0.39, 0.29) is 5.91 Å². The van der Waals surface area contributed by atoms with Crippen molar-refractivity contribution >= 4 is 16.8 Å². The lowest BCUT2D eigenvalue weighted by Gasteiger charge is -2.08. The Labute approximate surface area is 120 Å². The maximum absolute atomic E-state index is 12.2. The van der Waals surface area contributed by atoms with Gasteiger partial charge in [-0.2, -0.15) is 0 Å². The van der Waals surface area contributed by atoms with E-state index >= 15 is 0 Å². The molecule has 1 aromatic carbocycles. The topological polar surface area (TPSA) is 51.3 Å². The number of nitrogens with two attached hydrogens (primary N) is 1. The SMILES string of the molecule is Cc1ccc2c(c1)c(CCN(C)C)cn2C(=O)[C@H](C)N. The van der Waals surface area contributed by atoms with Gasteiger partial charge >= 0.3 is 0 Å². The quantitative estimate of drug-likeness (QED) is 0.927. The minimum absolute atomic E-state index is 0.0602. The number of aryl methyl sites for hydroxylation is 1. The molecule has 0 bridgehead atoms. The fourth-order valence-electron chi connectivity index (χ4n) is 2.36. The summed E-state index contributed by atoms with van der Waals surface area (Å²) in [6, 6.07) is 5.69. The van der Waals surface area contributed by atoms with Gasteiger partial charge in [0, 0.05) is 18.1 Å². The van der Waals surface area contributed by atoms with Gasteiger partial charge in [0.05, 0.1) is 11.6 Å². The number of hydrogen-bond acceptors (Lipinski definition) is 3. The van der Waals surface area contributed by atoms with Crippen molar-refractivity contribution in [3.63, 3.8) is 0 Å². The first kappa shape index (κ1) is 14.8. The van der Waals surface area contributed by atoms with Crippen LogP contribution in [0.1, 0.15) is 22.8 Å². The van der Waals surface area contributed by atoms with Crippen molar-refractivity contribution in [2.24, 2.45) is 5.73 Å². The van der Waals surface area contributed by atoms with Gasteiger partial charge in [-0.15, -0.1) is 0 Å². The second-order valence-corrected chi connectivity index (χ2v) is 5.73. The van der Waals surface area contributed by atoms with Crippen LogP contribution in [0.25, 0.3) is 10.9 Å². The summed E-state index contributed by atoms with van der Waals surface area (Å²) in [5, 5.41) is 1.15. The van der Waals surface area contributed by atoms with Crippen LogP contribution in [0.4, 0.5) is 0 Å². The molecule has 20 heavy (non-hydrogen) atoms. The third-order valence-electron chi connectivity index (χ3n) is 3.50. The summed E-state index contributed by atoms with van der Waals surface area (Å²) in [6.45, 7) is 4.75.